The number of aromatic nitrogens is 2. The molecule has 1 amide bonds. The molecular formula is C14H21Cl2N5O. The van der Waals surface area contributed by atoms with Crippen LogP contribution in [0.3, 0.4) is 0 Å². The number of carbonyl (C=O) groups is 1. The molecule has 8 heteroatoms. The first-order chi connectivity index (χ1) is 9.54. The summed E-state index contributed by atoms with van der Waals surface area (Å²) in [6, 6.07) is 8.62. The average molecular weight is 346 g/mol. The van der Waals surface area contributed by atoms with Crippen molar-refractivity contribution in [2.24, 2.45) is 0 Å². The first kappa shape index (κ1) is 20.2. The van der Waals surface area contributed by atoms with Crippen LogP contribution >= 0.6 is 24.8 Å². The van der Waals surface area contributed by atoms with Gasteiger partial charge in [0, 0.05) is 30.1 Å². The zero-order chi connectivity index (χ0) is 14.5. The summed E-state index contributed by atoms with van der Waals surface area (Å²) in [5.41, 5.74) is 6.74. The highest BCUT2D eigenvalue weighted by atomic mass is 35.5. The predicted octanol–water partition coefficient (Wildman–Crippen LogP) is 2.12. The molecule has 0 saturated heterocycles. The molecule has 2 aromatic rings. The van der Waals surface area contributed by atoms with Crippen LogP contribution in [0, 0.1) is 0 Å². The van der Waals surface area contributed by atoms with E-state index in [2.05, 4.69) is 15.3 Å². The van der Waals surface area contributed by atoms with E-state index in [4.69, 9.17) is 5.73 Å². The Bertz CT molecular complexity index is 600. The molecule has 3 N–H and O–H groups in total. The van der Waals surface area contributed by atoms with Gasteiger partial charge in [-0.2, -0.15) is 5.10 Å². The van der Waals surface area contributed by atoms with Crippen LogP contribution in [-0.2, 0) is 6.54 Å². The molecule has 1 heterocycles. The molecule has 2 rings (SSSR count). The second-order valence-electron chi connectivity index (χ2n) is 4.85. The van der Waals surface area contributed by atoms with E-state index in [0.29, 0.717) is 17.1 Å². The second-order valence-corrected chi connectivity index (χ2v) is 4.85. The molecule has 0 fully saturated rings. The number of anilines is 2. The number of hydrogen-bond donors (Lipinski definition) is 2. The summed E-state index contributed by atoms with van der Waals surface area (Å²) in [5.74, 6) is 0.325. The van der Waals surface area contributed by atoms with Crippen LogP contribution in [0.25, 0.3) is 0 Å². The zero-order valence-corrected chi connectivity index (χ0v) is 14.2. The molecule has 0 aliphatic rings. The summed E-state index contributed by atoms with van der Waals surface area (Å²) in [6.45, 7) is 1.67. The normalized spacial score (nSPS) is 9.77. The van der Waals surface area contributed by atoms with Gasteiger partial charge in [0.1, 0.15) is 0 Å². The van der Waals surface area contributed by atoms with Crippen molar-refractivity contribution in [1.82, 2.24) is 14.7 Å². The van der Waals surface area contributed by atoms with Crippen molar-refractivity contribution in [2.45, 2.75) is 6.54 Å². The van der Waals surface area contributed by atoms with Crippen LogP contribution in [0.15, 0.2) is 36.5 Å². The van der Waals surface area contributed by atoms with Gasteiger partial charge in [-0.3, -0.25) is 9.48 Å². The van der Waals surface area contributed by atoms with Crippen molar-refractivity contribution in [2.75, 3.05) is 31.7 Å². The summed E-state index contributed by atoms with van der Waals surface area (Å²) in [4.78, 5) is 14.1. The minimum Gasteiger partial charge on any atom is -0.399 e. The van der Waals surface area contributed by atoms with Crippen molar-refractivity contribution < 1.29 is 4.79 Å². The number of amides is 1. The van der Waals surface area contributed by atoms with Gasteiger partial charge in [-0.15, -0.1) is 24.8 Å². The van der Waals surface area contributed by atoms with Crippen LogP contribution in [0.2, 0.25) is 0 Å². The Morgan fingerprint density at radius 2 is 2.05 bits per heavy atom. The van der Waals surface area contributed by atoms with Crippen molar-refractivity contribution in [3.63, 3.8) is 0 Å². The molecule has 0 unspecified atom stereocenters. The van der Waals surface area contributed by atoms with Crippen molar-refractivity contribution in [3.05, 3.63) is 42.1 Å². The number of rotatable bonds is 5. The molecule has 0 aliphatic heterocycles. The first-order valence-corrected chi connectivity index (χ1v) is 6.39. The number of benzene rings is 1. The minimum atomic E-state index is -0.213. The van der Waals surface area contributed by atoms with E-state index in [9.17, 15) is 4.79 Å². The smallest absolute Gasteiger partial charge is 0.256 e. The van der Waals surface area contributed by atoms with E-state index in [1.165, 1.54) is 0 Å². The maximum absolute atomic E-state index is 12.0. The average Bonchev–Trinajstić information content (AvgIpc) is 2.84. The first-order valence-electron chi connectivity index (χ1n) is 6.39. The summed E-state index contributed by atoms with van der Waals surface area (Å²) in [7, 11) is 4.01. The lowest BCUT2D eigenvalue weighted by atomic mass is 10.2. The predicted molar refractivity (Wildman–Crippen MR) is 94.1 cm³/mol. The Morgan fingerprint density at radius 1 is 1.32 bits per heavy atom. The van der Waals surface area contributed by atoms with Crippen LogP contribution in [0.5, 0.6) is 0 Å². The largest absolute Gasteiger partial charge is 0.399 e. The van der Waals surface area contributed by atoms with Gasteiger partial charge in [0.15, 0.2) is 5.82 Å². The highest BCUT2D eigenvalue weighted by Gasteiger charge is 2.08. The van der Waals surface area contributed by atoms with Gasteiger partial charge in [-0.05, 0) is 32.3 Å². The number of halogens is 2. The number of nitrogens with zero attached hydrogens (tertiary/aromatic N) is 3. The summed E-state index contributed by atoms with van der Waals surface area (Å²) in [5, 5.41) is 7.05. The fraction of sp³-hybridized carbons (Fsp3) is 0.286. The Kier molecular flexibility index (Phi) is 8.55. The van der Waals surface area contributed by atoms with Crippen LogP contribution in [-0.4, -0.2) is 41.2 Å². The third-order valence-corrected chi connectivity index (χ3v) is 2.81. The molecule has 122 valence electrons. The third kappa shape index (κ3) is 5.93. The summed E-state index contributed by atoms with van der Waals surface area (Å²) < 4.78 is 1.80. The van der Waals surface area contributed by atoms with E-state index >= 15 is 0 Å². The lowest BCUT2D eigenvalue weighted by molar-refractivity contribution is 0.102. The number of likely N-dealkylation sites (N-methyl/N-ethyl adjacent to an activating group) is 1. The maximum atomic E-state index is 12.0. The van der Waals surface area contributed by atoms with E-state index in [1.807, 2.05) is 20.3 Å². The number of nitrogens with two attached hydrogens (primary N) is 1. The van der Waals surface area contributed by atoms with Gasteiger partial charge in [0.05, 0.1) is 6.54 Å². The fourth-order valence-electron chi connectivity index (χ4n) is 1.72. The van der Waals surface area contributed by atoms with Gasteiger partial charge in [0.2, 0.25) is 0 Å². The maximum Gasteiger partial charge on any atom is 0.256 e. The zero-order valence-electron chi connectivity index (χ0n) is 12.5. The molecule has 0 radical (unpaired) electrons. The number of nitrogens with one attached hydrogen (secondary N) is 1. The van der Waals surface area contributed by atoms with Crippen LogP contribution in [0.1, 0.15) is 10.4 Å². The fourth-order valence-corrected chi connectivity index (χ4v) is 1.72. The molecule has 0 atom stereocenters. The van der Waals surface area contributed by atoms with E-state index in [1.54, 1.807) is 35.0 Å². The van der Waals surface area contributed by atoms with E-state index in [-0.39, 0.29) is 30.7 Å². The van der Waals surface area contributed by atoms with Gasteiger partial charge in [-0.25, -0.2) is 0 Å². The second kappa shape index (κ2) is 9.30. The molecule has 1 aromatic heterocycles. The van der Waals surface area contributed by atoms with Gasteiger partial charge >= 0.3 is 0 Å². The van der Waals surface area contributed by atoms with Crippen LogP contribution < -0.4 is 11.1 Å². The third-order valence-electron chi connectivity index (χ3n) is 2.81. The Hall–Kier alpha value is -1.76. The Balaban J connectivity index is 0.00000220. The monoisotopic (exact) mass is 345 g/mol. The lowest BCUT2D eigenvalue weighted by Crippen LogP contribution is -2.19. The topological polar surface area (TPSA) is 76.2 Å². The number of hydrogen-bond acceptors (Lipinski definition) is 4. The molecule has 0 saturated carbocycles. The highest BCUT2D eigenvalue weighted by Crippen LogP contribution is 2.10. The van der Waals surface area contributed by atoms with Crippen molar-refractivity contribution in [3.8, 4) is 0 Å². The van der Waals surface area contributed by atoms with E-state index in [0.717, 1.165) is 13.1 Å². The minimum absolute atomic E-state index is 0. The van der Waals surface area contributed by atoms with Crippen molar-refractivity contribution >= 4 is 42.2 Å². The molecule has 0 bridgehead atoms. The molecule has 6 nitrogen and oxygen atoms in total. The Morgan fingerprint density at radius 3 is 2.68 bits per heavy atom. The summed E-state index contributed by atoms with van der Waals surface area (Å²) >= 11 is 0. The molecule has 1 aromatic carbocycles. The SMILES string of the molecule is CN(C)CCn1ccc(NC(=O)c2cccc(N)c2)n1.Cl.Cl. The lowest BCUT2D eigenvalue weighted by Gasteiger charge is -2.08. The molecular weight excluding hydrogens is 325 g/mol. The number of nitrogen functional groups attached to an aromatic ring is 1. The quantitative estimate of drug-likeness (QED) is 0.813. The highest BCUT2D eigenvalue weighted by molar-refractivity contribution is 6.04. The molecule has 0 spiro atoms. The van der Waals surface area contributed by atoms with Gasteiger partial charge < -0.3 is 16.0 Å². The van der Waals surface area contributed by atoms with Crippen molar-refractivity contribution in [1.29, 1.82) is 0 Å². The summed E-state index contributed by atoms with van der Waals surface area (Å²) in [6.07, 6.45) is 1.85. The standard InChI is InChI=1S/C14H19N5O.2ClH/c1-18(2)8-9-19-7-6-13(17-19)16-14(20)11-4-3-5-12(15)10-11;;/h3-7,10H,8-9,15H2,1-2H3,(H,16,17,20);2*1H. The van der Waals surface area contributed by atoms with Gasteiger partial charge in [-0.1, -0.05) is 6.07 Å². The number of carbonyl (C=O) groups excluding carboxylic acids is 1. The van der Waals surface area contributed by atoms with Gasteiger partial charge in [0.25, 0.3) is 5.91 Å². The van der Waals surface area contributed by atoms with E-state index < -0.39 is 0 Å². The van der Waals surface area contributed by atoms with Crippen LogP contribution in [0.4, 0.5) is 11.5 Å². The molecule has 22 heavy (non-hydrogen) atoms. The Labute approximate surface area is 142 Å². The molecule has 0 aliphatic carbocycles.